The van der Waals surface area contributed by atoms with Gasteiger partial charge in [0, 0.05) is 37.0 Å². The number of carbonyl (C=O) groups excluding carboxylic acids is 1. The van der Waals surface area contributed by atoms with Crippen molar-refractivity contribution in [3.05, 3.63) is 22.4 Å². The van der Waals surface area contributed by atoms with Crippen LogP contribution in [0.3, 0.4) is 0 Å². The van der Waals surface area contributed by atoms with E-state index >= 15 is 0 Å². The van der Waals surface area contributed by atoms with Crippen LogP contribution in [0.2, 0.25) is 0 Å². The maximum absolute atomic E-state index is 11.8. The summed E-state index contributed by atoms with van der Waals surface area (Å²) in [5.74, 6) is 0.340. The summed E-state index contributed by atoms with van der Waals surface area (Å²) in [6, 6.07) is 4.35. The normalized spacial score (nSPS) is 29.1. The van der Waals surface area contributed by atoms with Crippen LogP contribution >= 0.6 is 11.3 Å². The molecule has 2 aliphatic rings. The van der Waals surface area contributed by atoms with Crippen LogP contribution in [-0.2, 0) is 11.3 Å². The standard InChI is InChI=1S/C15H22N2OS/c1-16-14(18)5-7-15(16)6-3-9-17(10-8-15)12-13-4-2-11-19-13/h2,4,11H,3,5-10,12H2,1H3/t15-/m1/s1. The predicted molar refractivity (Wildman–Crippen MR) is 78.2 cm³/mol. The molecule has 2 saturated heterocycles. The van der Waals surface area contributed by atoms with E-state index in [0.717, 1.165) is 32.4 Å². The zero-order valence-electron chi connectivity index (χ0n) is 11.6. The number of thiophene rings is 1. The highest BCUT2D eigenvalue weighted by molar-refractivity contribution is 7.09. The van der Waals surface area contributed by atoms with Crippen molar-refractivity contribution in [3.8, 4) is 0 Å². The van der Waals surface area contributed by atoms with Crippen molar-refractivity contribution in [1.29, 1.82) is 0 Å². The van der Waals surface area contributed by atoms with Gasteiger partial charge in [0.1, 0.15) is 0 Å². The van der Waals surface area contributed by atoms with Gasteiger partial charge in [-0.25, -0.2) is 0 Å². The SMILES string of the molecule is CN1C(=O)CC[C@@]12CCCN(Cc1cccs1)CC2. The quantitative estimate of drug-likeness (QED) is 0.830. The maximum Gasteiger partial charge on any atom is 0.222 e. The van der Waals surface area contributed by atoms with Crippen molar-refractivity contribution in [2.45, 2.75) is 44.2 Å². The first-order chi connectivity index (χ1) is 9.20. The van der Waals surface area contributed by atoms with Crippen LogP contribution < -0.4 is 0 Å². The molecule has 0 aromatic carbocycles. The van der Waals surface area contributed by atoms with Gasteiger partial charge in [0.25, 0.3) is 0 Å². The van der Waals surface area contributed by atoms with E-state index in [2.05, 4.69) is 22.4 Å². The third-order valence-corrected chi connectivity index (χ3v) is 5.72. The Labute approximate surface area is 119 Å². The molecular formula is C15H22N2OS. The molecule has 1 amide bonds. The van der Waals surface area contributed by atoms with E-state index in [4.69, 9.17) is 0 Å². The summed E-state index contributed by atoms with van der Waals surface area (Å²) in [7, 11) is 2.00. The molecule has 0 bridgehead atoms. The van der Waals surface area contributed by atoms with Crippen LogP contribution in [0.25, 0.3) is 0 Å². The summed E-state index contributed by atoms with van der Waals surface area (Å²) in [6.45, 7) is 3.36. The van der Waals surface area contributed by atoms with Crippen molar-refractivity contribution in [2.75, 3.05) is 20.1 Å². The van der Waals surface area contributed by atoms with E-state index in [1.165, 1.54) is 24.3 Å². The highest BCUT2D eigenvalue weighted by atomic mass is 32.1. The third-order valence-electron chi connectivity index (χ3n) is 4.86. The van der Waals surface area contributed by atoms with E-state index in [0.29, 0.717) is 5.91 Å². The summed E-state index contributed by atoms with van der Waals surface area (Å²) in [6.07, 6.45) is 5.34. The molecule has 0 N–H and O–H groups in total. The summed E-state index contributed by atoms with van der Waals surface area (Å²) in [4.78, 5) is 17.9. The van der Waals surface area contributed by atoms with Gasteiger partial charge < -0.3 is 4.90 Å². The number of nitrogens with zero attached hydrogens (tertiary/aromatic N) is 2. The van der Waals surface area contributed by atoms with Gasteiger partial charge in [-0.2, -0.15) is 0 Å². The van der Waals surface area contributed by atoms with Gasteiger partial charge in [0.05, 0.1) is 0 Å². The van der Waals surface area contributed by atoms with Crippen LogP contribution in [0.15, 0.2) is 17.5 Å². The Kier molecular flexibility index (Phi) is 3.63. The fourth-order valence-electron chi connectivity index (χ4n) is 3.54. The van der Waals surface area contributed by atoms with Crippen molar-refractivity contribution in [1.82, 2.24) is 9.80 Å². The van der Waals surface area contributed by atoms with E-state index in [-0.39, 0.29) is 5.54 Å². The highest BCUT2D eigenvalue weighted by Crippen LogP contribution is 2.38. The second-order valence-corrected chi connectivity index (χ2v) is 6.92. The first-order valence-electron chi connectivity index (χ1n) is 7.21. The Morgan fingerprint density at radius 3 is 2.89 bits per heavy atom. The molecule has 1 aromatic heterocycles. The molecular weight excluding hydrogens is 256 g/mol. The number of likely N-dealkylation sites (tertiary alicyclic amines) is 2. The Morgan fingerprint density at radius 2 is 2.21 bits per heavy atom. The minimum Gasteiger partial charge on any atom is -0.340 e. The molecule has 104 valence electrons. The Bertz CT molecular complexity index is 445. The largest absolute Gasteiger partial charge is 0.340 e. The lowest BCUT2D eigenvalue weighted by Gasteiger charge is -2.35. The number of hydrogen-bond donors (Lipinski definition) is 0. The van der Waals surface area contributed by atoms with Gasteiger partial charge in [-0.15, -0.1) is 11.3 Å². The van der Waals surface area contributed by atoms with Crippen LogP contribution in [0, 0.1) is 0 Å². The maximum atomic E-state index is 11.8. The van der Waals surface area contributed by atoms with Crippen LogP contribution in [0.4, 0.5) is 0 Å². The van der Waals surface area contributed by atoms with E-state index in [1.807, 2.05) is 23.3 Å². The van der Waals surface area contributed by atoms with Crippen molar-refractivity contribution < 1.29 is 4.79 Å². The van der Waals surface area contributed by atoms with Crippen LogP contribution in [-0.4, -0.2) is 41.4 Å². The number of amides is 1. The van der Waals surface area contributed by atoms with Crippen LogP contribution in [0.1, 0.15) is 37.0 Å². The van der Waals surface area contributed by atoms with E-state index in [9.17, 15) is 4.79 Å². The highest BCUT2D eigenvalue weighted by Gasteiger charge is 2.43. The van der Waals surface area contributed by atoms with Crippen molar-refractivity contribution in [2.24, 2.45) is 0 Å². The molecule has 0 saturated carbocycles. The molecule has 3 nitrogen and oxygen atoms in total. The lowest BCUT2D eigenvalue weighted by molar-refractivity contribution is -0.129. The van der Waals surface area contributed by atoms with Gasteiger partial charge in [0.15, 0.2) is 0 Å². The van der Waals surface area contributed by atoms with E-state index < -0.39 is 0 Å². The topological polar surface area (TPSA) is 23.6 Å². The fraction of sp³-hybridized carbons (Fsp3) is 0.667. The molecule has 1 aromatic rings. The minimum absolute atomic E-state index is 0.168. The van der Waals surface area contributed by atoms with Gasteiger partial charge in [0.2, 0.25) is 5.91 Å². The summed E-state index contributed by atoms with van der Waals surface area (Å²) in [5, 5.41) is 2.15. The molecule has 1 atom stereocenters. The van der Waals surface area contributed by atoms with Gasteiger partial charge in [-0.05, 0) is 43.7 Å². The Morgan fingerprint density at radius 1 is 1.32 bits per heavy atom. The molecule has 4 heteroatoms. The van der Waals surface area contributed by atoms with E-state index in [1.54, 1.807) is 0 Å². The number of hydrogen-bond acceptors (Lipinski definition) is 3. The van der Waals surface area contributed by atoms with Crippen molar-refractivity contribution >= 4 is 17.2 Å². The number of rotatable bonds is 2. The lowest BCUT2D eigenvalue weighted by atomic mass is 9.88. The average molecular weight is 278 g/mol. The molecule has 3 rings (SSSR count). The van der Waals surface area contributed by atoms with Crippen molar-refractivity contribution in [3.63, 3.8) is 0 Å². The first-order valence-corrected chi connectivity index (χ1v) is 8.09. The first kappa shape index (κ1) is 13.1. The molecule has 3 heterocycles. The monoisotopic (exact) mass is 278 g/mol. The molecule has 0 radical (unpaired) electrons. The number of carbonyl (C=O) groups is 1. The molecule has 0 aliphatic carbocycles. The second-order valence-electron chi connectivity index (χ2n) is 5.89. The van der Waals surface area contributed by atoms with Gasteiger partial charge in [-0.1, -0.05) is 6.07 Å². The zero-order valence-corrected chi connectivity index (χ0v) is 12.4. The fourth-order valence-corrected chi connectivity index (χ4v) is 4.29. The predicted octanol–water partition coefficient (Wildman–Crippen LogP) is 2.73. The average Bonchev–Trinajstić information content (AvgIpc) is 2.93. The second kappa shape index (κ2) is 5.25. The summed E-state index contributed by atoms with van der Waals surface area (Å²) < 4.78 is 0. The zero-order chi connectivity index (χ0) is 13.3. The van der Waals surface area contributed by atoms with Crippen LogP contribution in [0.5, 0.6) is 0 Å². The van der Waals surface area contributed by atoms with Gasteiger partial charge >= 0.3 is 0 Å². The minimum atomic E-state index is 0.168. The Balaban J connectivity index is 1.64. The molecule has 0 unspecified atom stereocenters. The molecule has 2 aliphatic heterocycles. The summed E-state index contributed by atoms with van der Waals surface area (Å²) in [5.41, 5.74) is 0.168. The Hall–Kier alpha value is -0.870. The summed E-state index contributed by atoms with van der Waals surface area (Å²) >= 11 is 1.84. The third kappa shape index (κ3) is 2.56. The molecule has 1 spiro atoms. The molecule has 2 fully saturated rings. The van der Waals surface area contributed by atoms with Gasteiger partial charge in [-0.3, -0.25) is 9.69 Å². The lowest BCUT2D eigenvalue weighted by Crippen LogP contribution is -2.43. The smallest absolute Gasteiger partial charge is 0.222 e. The molecule has 19 heavy (non-hydrogen) atoms.